The van der Waals surface area contributed by atoms with Crippen molar-refractivity contribution >= 4 is 0 Å². The second kappa shape index (κ2) is 3.37. The van der Waals surface area contributed by atoms with Crippen LogP contribution in [-0.4, -0.2) is 0 Å². The van der Waals surface area contributed by atoms with Gasteiger partial charge >= 0.3 is 0 Å². The summed E-state index contributed by atoms with van der Waals surface area (Å²) in [5.41, 5.74) is 3.95. The van der Waals surface area contributed by atoms with Crippen molar-refractivity contribution in [3.8, 4) is 0 Å². The van der Waals surface area contributed by atoms with E-state index in [0.29, 0.717) is 0 Å². The summed E-state index contributed by atoms with van der Waals surface area (Å²) in [5.74, 6) is 0. The molecule has 0 fully saturated rings. The van der Waals surface area contributed by atoms with E-state index in [1.807, 2.05) is 0 Å². The van der Waals surface area contributed by atoms with Crippen LogP contribution < -0.4 is 0 Å². The number of aryl methyl sites for hydroxylation is 1. The van der Waals surface area contributed by atoms with Gasteiger partial charge in [-0.3, -0.25) is 0 Å². The molecule has 0 aliphatic rings. The Balaban J connectivity index is 3.14. The molecule has 0 unspecified atom stereocenters. The van der Waals surface area contributed by atoms with Gasteiger partial charge in [0, 0.05) is 5.41 Å². The molecule has 1 aromatic carbocycles. The molecule has 0 atom stereocenters. The maximum absolute atomic E-state index is 4.03. The molecule has 0 aliphatic heterocycles. The van der Waals surface area contributed by atoms with Crippen LogP contribution in [0.3, 0.4) is 0 Å². The van der Waals surface area contributed by atoms with E-state index in [-0.39, 0.29) is 5.41 Å². The summed E-state index contributed by atoms with van der Waals surface area (Å²) in [6, 6.07) is 8.63. The molecule has 0 aromatic heterocycles. The molecule has 13 heavy (non-hydrogen) atoms. The Hall–Kier alpha value is -1.04. The number of allylic oxidation sites excluding steroid dienone is 1. The molecule has 0 bridgehead atoms. The van der Waals surface area contributed by atoms with Crippen molar-refractivity contribution in [2.75, 3.05) is 0 Å². The van der Waals surface area contributed by atoms with Gasteiger partial charge in [0.1, 0.15) is 0 Å². The van der Waals surface area contributed by atoms with Crippen molar-refractivity contribution in [3.05, 3.63) is 47.5 Å². The Kier molecular flexibility index (Phi) is 2.60. The summed E-state index contributed by atoms with van der Waals surface area (Å²) in [6.45, 7) is 12.7. The number of hydrogen-bond acceptors (Lipinski definition) is 0. The third-order valence-corrected chi connectivity index (χ3v) is 2.81. The van der Waals surface area contributed by atoms with E-state index in [4.69, 9.17) is 0 Å². The van der Waals surface area contributed by atoms with Crippen LogP contribution in [0.1, 0.15) is 31.9 Å². The van der Waals surface area contributed by atoms with Crippen LogP contribution in [-0.2, 0) is 5.41 Å². The second-order valence-corrected chi connectivity index (χ2v) is 4.27. The molecule has 0 heteroatoms. The highest BCUT2D eigenvalue weighted by atomic mass is 14.2. The van der Waals surface area contributed by atoms with Gasteiger partial charge in [-0.05, 0) is 19.4 Å². The third kappa shape index (κ3) is 2.00. The van der Waals surface area contributed by atoms with Crippen molar-refractivity contribution in [3.63, 3.8) is 0 Å². The summed E-state index contributed by atoms with van der Waals surface area (Å²) < 4.78 is 0. The zero-order valence-corrected chi connectivity index (χ0v) is 9.02. The van der Waals surface area contributed by atoms with Gasteiger partial charge in [0.05, 0.1) is 0 Å². The highest BCUT2D eigenvalue weighted by Gasteiger charge is 2.20. The number of rotatable bonds is 2. The maximum Gasteiger partial charge on any atom is 0.00997 e. The van der Waals surface area contributed by atoms with Gasteiger partial charge in [-0.2, -0.15) is 0 Å². The molecule has 0 aliphatic carbocycles. The fourth-order valence-electron chi connectivity index (χ4n) is 1.28. The topological polar surface area (TPSA) is 0 Å². The lowest BCUT2D eigenvalue weighted by Crippen LogP contribution is -2.17. The van der Waals surface area contributed by atoms with Crippen LogP contribution in [0, 0.1) is 6.92 Å². The largest absolute Gasteiger partial charge is 0.0993 e. The van der Waals surface area contributed by atoms with Gasteiger partial charge in [0.2, 0.25) is 0 Å². The van der Waals surface area contributed by atoms with Crippen LogP contribution in [0.15, 0.2) is 36.4 Å². The van der Waals surface area contributed by atoms with E-state index in [2.05, 4.69) is 58.5 Å². The molecule has 0 nitrogen and oxygen atoms in total. The second-order valence-electron chi connectivity index (χ2n) is 4.27. The van der Waals surface area contributed by atoms with Gasteiger partial charge in [-0.15, -0.1) is 0 Å². The Morgan fingerprint density at radius 1 is 1.31 bits per heavy atom. The maximum atomic E-state index is 4.03. The normalized spacial score (nSPS) is 11.4. The van der Waals surface area contributed by atoms with Crippen molar-refractivity contribution in [2.24, 2.45) is 0 Å². The first-order chi connectivity index (χ1) is 5.94. The fourth-order valence-corrected chi connectivity index (χ4v) is 1.28. The average molecular weight is 174 g/mol. The van der Waals surface area contributed by atoms with Crippen molar-refractivity contribution in [1.29, 1.82) is 0 Å². The lowest BCUT2D eigenvalue weighted by atomic mass is 9.79. The van der Waals surface area contributed by atoms with Gasteiger partial charge in [0.15, 0.2) is 0 Å². The zero-order valence-electron chi connectivity index (χ0n) is 9.02. The SMILES string of the molecule is C=C(C)C(C)(C)c1cccc(C)c1. The zero-order chi connectivity index (χ0) is 10.1. The monoisotopic (exact) mass is 174 g/mol. The smallest absolute Gasteiger partial charge is 0.00997 e. The summed E-state index contributed by atoms with van der Waals surface area (Å²) >= 11 is 0. The van der Waals surface area contributed by atoms with Gasteiger partial charge in [-0.25, -0.2) is 0 Å². The van der Waals surface area contributed by atoms with Crippen LogP contribution in [0.4, 0.5) is 0 Å². The van der Waals surface area contributed by atoms with Gasteiger partial charge < -0.3 is 0 Å². The van der Waals surface area contributed by atoms with E-state index in [1.165, 1.54) is 16.7 Å². The minimum absolute atomic E-state index is 0.0893. The number of benzene rings is 1. The minimum atomic E-state index is 0.0893. The quantitative estimate of drug-likeness (QED) is 0.597. The van der Waals surface area contributed by atoms with Crippen molar-refractivity contribution in [1.82, 2.24) is 0 Å². The Morgan fingerprint density at radius 2 is 1.92 bits per heavy atom. The first-order valence-corrected chi connectivity index (χ1v) is 4.67. The molecule has 0 spiro atoms. The standard InChI is InChI=1S/C13H18/c1-10(2)13(4,5)12-8-6-7-11(3)9-12/h6-9H,1H2,2-5H3. The predicted octanol–water partition coefficient (Wildman–Crippen LogP) is 3.85. The summed E-state index contributed by atoms with van der Waals surface area (Å²) in [5, 5.41) is 0. The average Bonchev–Trinajstić information content (AvgIpc) is 2.04. The molecule has 0 radical (unpaired) electrons. The highest BCUT2D eigenvalue weighted by molar-refractivity contribution is 5.34. The summed E-state index contributed by atoms with van der Waals surface area (Å²) in [7, 11) is 0. The van der Waals surface area contributed by atoms with E-state index in [9.17, 15) is 0 Å². The van der Waals surface area contributed by atoms with Crippen LogP contribution in [0.25, 0.3) is 0 Å². The number of hydrogen-bond donors (Lipinski definition) is 0. The summed E-state index contributed by atoms with van der Waals surface area (Å²) in [4.78, 5) is 0. The first-order valence-electron chi connectivity index (χ1n) is 4.67. The van der Waals surface area contributed by atoms with Crippen molar-refractivity contribution < 1.29 is 0 Å². The van der Waals surface area contributed by atoms with E-state index in [1.54, 1.807) is 0 Å². The lowest BCUT2D eigenvalue weighted by Gasteiger charge is -2.26. The van der Waals surface area contributed by atoms with Crippen LogP contribution >= 0.6 is 0 Å². The van der Waals surface area contributed by atoms with E-state index >= 15 is 0 Å². The third-order valence-electron chi connectivity index (χ3n) is 2.81. The molecule has 1 rings (SSSR count). The first kappa shape index (κ1) is 10.0. The van der Waals surface area contributed by atoms with Crippen molar-refractivity contribution in [2.45, 2.75) is 33.1 Å². The molecule has 1 aromatic rings. The molecule has 0 N–H and O–H groups in total. The molecule has 0 saturated carbocycles. The van der Waals surface area contributed by atoms with Gasteiger partial charge in [0.25, 0.3) is 0 Å². The van der Waals surface area contributed by atoms with Crippen LogP contribution in [0.5, 0.6) is 0 Å². The van der Waals surface area contributed by atoms with E-state index in [0.717, 1.165) is 0 Å². The Morgan fingerprint density at radius 3 is 2.38 bits per heavy atom. The molecule has 0 heterocycles. The van der Waals surface area contributed by atoms with Gasteiger partial charge in [-0.1, -0.05) is 55.8 Å². The molecular weight excluding hydrogens is 156 g/mol. The molecule has 70 valence electrons. The molecular formula is C13H18. The molecule has 0 saturated heterocycles. The van der Waals surface area contributed by atoms with Crippen LogP contribution in [0.2, 0.25) is 0 Å². The summed E-state index contributed by atoms with van der Waals surface area (Å²) in [6.07, 6.45) is 0. The fraction of sp³-hybridized carbons (Fsp3) is 0.385. The predicted molar refractivity (Wildman–Crippen MR) is 59.0 cm³/mol. The van der Waals surface area contributed by atoms with E-state index < -0.39 is 0 Å². The molecule has 0 amide bonds. The Labute approximate surface area is 81.3 Å². The lowest BCUT2D eigenvalue weighted by molar-refractivity contribution is 0.625. The minimum Gasteiger partial charge on any atom is -0.0993 e. The Bertz CT molecular complexity index is 319. The highest BCUT2D eigenvalue weighted by Crippen LogP contribution is 2.30.